The summed E-state index contributed by atoms with van der Waals surface area (Å²) in [5.41, 5.74) is -0.572. The van der Waals surface area contributed by atoms with Crippen LogP contribution in [0.5, 0.6) is 0 Å². The first kappa shape index (κ1) is 8.97. The van der Waals surface area contributed by atoms with Crippen LogP contribution in [0.4, 0.5) is 0 Å². The Balaban J connectivity index is 1.95. The van der Waals surface area contributed by atoms with E-state index in [1.165, 1.54) is 0 Å². The van der Waals surface area contributed by atoms with Crippen LogP contribution in [0.2, 0.25) is 0 Å². The molecule has 1 aliphatic heterocycles. The fraction of sp³-hybridized carbons (Fsp3) is 1.00. The lowest BCUT2D eigenvalue weighted by atomic mass is 10.0. The molecule has 1 saturated heterocycles. The highest BCUT2D eigenvalue weighted by Gasteiger charge is 2.17. The molecule has 1 rings (SSSR count). The van der Waals surface area contributed by atoms with E-state index in [9.17, 15) is 5.11 Å². The first-order valence-electron chi connectivity index (χ1n) is 4.22. The van der Waals surface area contributed by atoms with Crippen molar-refractivity contribution in [3.63, 3.8) is 0 Å². The van der Waals surface area contributed by atoms with Crippen molar-refractivity contribution in [1.82, 2.24) is 10.6 Å². The summed E-state index contributed by atoms with van der Waals surface area (Å²) in [4.78, 5) is 0. The van der Waals surface area contributed by atoms with Crippen molar-refractivity contribution in [2.45, 2.75) is 19.4 Å². The zero-order chi connectivity index (χ0) is 8.32. The molecule has 1 fully saturated rings. The monoisotopic (exact) mass is 158 g/mol. The molecular weight excluding hydrogens is 140 g/mol. The lowest BCUT2D eigenvalue weighted by Gasteiger charge is -2.28. The van der Waals surface area contributed by atoms with Gasteiger partial charge in [-0.1, -0.05) is 0 Å². The van der Waals surface area contributed by atoms with Crippen molar-refractivity contribution in [3.05, 3.63) is 0 Å². The summed E-state index contributed by atoms with van der Waals surface area (Å²) in [6.45, 7) is 7.59. The van der Waals surface area contributed by atoms with E-state index < -0.39 is 5.60 Å². The average molecular weight is 158 g/mol. The van der Waals surface area contributed by atoms with E-state index in [0.29, 0.717) is 6.54 Å². The van der Waals surface area contributed by atoms with Crippen molar-refractivity contribution in [2.24, 2.45) is 5.92 Å². The van der Waals surface area contributed by atoms with Gasteiger partial charge in [-0.05, 0) is 19.8 Å². The van der Waals surface area contributed by atoms with Crippen molar-refractivity contribution in [1.29, 1.82) is 0 Å². The van der Waals surface area contributed by atoms with Crippen molar-refractivity contribution >= 4 is 0 Å². The maximum atomic E-state index is 9.34. The molecule has 0 aromatic carbocycles. The number of aliphatic hydroxyl groups is 1. The summed E-state index contributed by atoms with van der Waals surface area (Å²) in [5, 5.41) is 15.8. The van der Waals surface area contributed by atoms with E-state index >= 15 is 0 Å². The second-order valence-corrected chi connectivity index (χ2v) is 3.97. The minimum Gasteiger partial charge on any atom is -0.389 e. The number of hydrogen-bond acceptors (Lipinski definition) is 3. The molecule has 0 amide bonds. The Labute approximate surface area is 68.2 Å². The highest BCUT2D eigenvalue weighted by Crippen LogP contribution is 2.02. The molecule has 0 unspecified atom stereocenters. The molecule has 66 valence electrons. The fourth-order valence-corrected chi connectivity index (χ4v) is 1.07. The fourth-order valence-electron chi connectivity index (χ4n) is 1.07. The van der Waals surface area contributed by atoms with Crippen LogP contribution in [0.3, 0.4) is 0 Å². The lowest BCUT2D eigenvalue weighted by molar-refractivity contribution is 0.0778. The summed E-state index contributed by atoms with van der Waals surface area (Å²) >= 11 is 0. The predicted molar refractivity (Wildman–Crippen MR) is 45.5 cm³/mol. The second-order valence-electron chi connectivity index (χ2n) is 3.97. The third-order valence-corrected chi connectivity index (χ3v) is 1.86. The van der Waals surface area contributed by atoms with Crippen molar-refractivity contribution < 1.29 is 5.11 Å². The summed E-state index contributed by atoms with van der Waals surface area (Å²) in [7, 11) is 0. The average Bonchev–Trinajstić information content (AvgIpc) is 1.73. The van der Waals surface area contributed by atoms with Gasteiger partial charge in [-0.2, -0.15) is 0 Å². The molecule has 0 atom stereocenters. The van der Waals surface area contributed by atoms with Gasteiger partial charge in [0.15, 0.2) is 0 Å². The number of hydrogen-bond donors (Lipinski definition) is 3. The number of rotatable bonds is 4. The Hall–Kier alpha value is -0.120. The normalized spacial score (nSPS) is 19.9. The predicted octanol–water partition coefficient (Wildman–Crippen LogP) is -0.434. The number of nitrogens with one attached hydrogen (secondary N) is 2. The van der Waals surface area contributed by atoms with Gasteiger partial charge in [0.25, 0.3) is 0 Å². The summed E-state index contributed by atoms with van der Waals surface area (Å²) in [5.74, 6) is 0.775. The third kappa shape index (κ3) is 3.70. The topological polar surface area (TPSA) is 44.3 Å². The molecule has 1 heterocycles. The van der Waals surface area contributed by atoms with Gasteiger partial charge in [0.1, 0.15) is 0 Å². The van der Waals surface area contributed by atoms with Crippen molar-refractivity contribution in [2.75, 3.05) is 26.2 Å². The molecule has 3 nitrogen and oxygen atoms in total. The quantitative estimate of drug-likeness (QED) is 0.520. The largest absolute Gasteiger partial charge is 0.389 e. The smallest absolute Gasteiger partial charge is 0.0715 e. The highest BCUT2D eigenvalue weighted by molar-refractivity contribution is 4.78. The second kappa shape index (κ2) is 3.52. The van der Waals surface area contributed by atoms with Crippen LogP contribution in [-0.4, -0.2) is 36.9 Å². The molecule has 3 heteroatoms. The van der Waals surface area contributed by atoms with E-state index in [4.69, 9.17) is 0 Å². The standard InChI is InChI=1S/C8H18N2O/c1-8(2,11)6-10-5-7-3-9-4-7/h7,9-11H,3-6H2,1-2H3. The summed E-state index contributed by atoms with van der Waals surface area (Å²) in [6, 6.07) is 0. The van der Waals surface area contributed by atoms with E-state index in [0.717, 1.165) is 25.6 Å². The molecule has 0 aromatic heterocycles. The highest BCUT2D eigenvalue weighted by atomic mass is 16.3. The molecule has 1 aliphatic rings. The zero-order valence-electron chi connectivity index (χ0n) is 7.35. The van der Waals surface area contributed by atoms with Crippen LogP contribution in [0, 0.1) is 5.92 Å². The molecule has 0 aliphatic carbocycles. The molecule has 0 spiro atoms. The molecule has 0 saturated carbocycles. The van der Waals surface area contributed by atoms with Gasteiger partial charge < -0.3 is 15.7 Å². The third-order valence-electron chi connectivity index (χ3n) is 1.86. The van der Waals surface area contributed by atoms with Crippen LogP contribution >= 0.6 is 0 Å². The van der Waals surface area contributed by atoms with Gasteiger partial charge in [0.05, 0.1) is 5.60 Å². The minimum atomic E-state index is -0.572. The van der Waals surface area contributed by atoms with Crippen LogP contribution in [0.15, 0.2) is 0 Å². The Morgan fingerprint density at radius 2 is 2.18 bits per heavy atom. The molecular formula is C8H18N2O. The SMILES string of the molecule is CC(C)(O)CNCC1CNC1. The first-order valence-corrected chi connectivity index (χ1v) is 4.22. The maximum absolute atomic E-state index is 9.34. The molecule has 0 bridgehead atoms. The molecule has 11 heavy (non-hydrogen) atoms. The zero-order valence-corrected chi connectivity index (χ0v) is 7.35. The van der Waals surface area contributed by atoms with Crippen LogP contribution in [0.1, 0.15) is 13.8 Å². The maximum Gasteiger partial charge on any atom is 0.0715 e. The Bertz CT molecular complexity index is 116. The molecule has 0 radical (unpaired) electrons. The van der Waals surface area contributed by atoms with E-state index in [2.05, 4.69) is 10.6 Å². The van der Waals surface area contributed by atoms with Crippen LogP contribution in [0.25, 0.3) is 0 Å². The van der Waals surface area contributed by atoms with E-state index in [-0.39, 0.29) is 0 Å². The Kier molecular flexibility index (Phi) is 2.87. The molecule has 0 aromatic rings. The van der Waals surface area contributed by atoms with E-state index in [1.807, 2.05) is 13.8 Å². The summed E-state index contributed by atoms with van der Waals surface area (Å²) in [6.07, 6.45) is 0. The van der Waals surface area contributed by atoms with Gasteiger partial charge in [-0.3, -0.25) is 0 Å². The van der Waals surface area contributed by atoms with Gasteiger partial charge in [-0.15, -0.1) is 0 Å². The first-order chi connectivity index (χ1) is 5.08. The van der Waals surface area contributed by atoms with Crippen LogP contribution < -0.4 is 10.6 Å². The molecule has 3 N–H and O–H groups in total. The van der Waals surface area contributed by atoms with Crippen LogP contribution in [-0.2, 0) is 0 Å². The minimum absolute atomic E-state index is 0.572. The lowest BCUT2D eigenvalue weighted by Crippen LogP contribution is -2.49. The Morgan fingerprint density at radius 1 is 1.55 bits per heavy atom. The van der Waals surface area contributed by atoms with Gasteiger partial charge in [0.2, 0.25) is 0 Å². The van der Waals surface area contributed by atoms with Gasteiger partial charge in [-0.25, -0.2) is 0 Å². The summed E-state index contributed by atoms with van der Waals surface area (Å²) < 4.78 is 0. The van der Waals surface area contributed by atoms with Crippen molar-refractivity contribution in [3.8, 4) is 0 Å². The Morgan fingerprint density at radius 3 is 2.55 bits per heavy atom. The van der Waals surface area contributed by atoms with Gasteiger partial charge >= 0.3 is 0 Å². The van der Waals surface area contributed by atoms with E-state index in [1.54, 1.807) is 0 Å². The van der Waals surface area contributed by atoms with Gasteiger partial charge in [0, 0.05) is 26.2 Å².